The van der Waals surface area contributed by atoms with Crippen LogP contribution in [0, 0.1) is 0 Å². The van der Waals surface area contributed by atoms with Gasteiger partial charge in [-0.1, -0.05) is 0 Å². The number of rotatable bonds is 7. The van der Waals surface area contributed by atoms with Gasteiger partial charge in [-0.05, 0) is 38.5 Å². The Balaban J connectivity index is 2.40. The number of hydrogen-bond donors (Lipinski definition) is 0. The van der Waals surface area contributed by atoms with Crippen LogP contribution in [0.1, 0.15) is 45.2 Å². The van der Waals surface area contributed by atoms with Gasteiger partial charge in [-0.15, -0.1) is 0 Å². The summed E-state index contributed by atoms with van der Waals surface area (Å²) < 4.78 is 79.3. The largest absolute Gasteiger partial charge is 0.494 e. The van der Waals surface area contributed by atoms with Crippen molar-refractivity contribution in [3.05, 3.63) is 23.8 Å². The lowest BCUT2D eigenvalue weighted by Gasteiger charge is -2.46. The van der Waals surface area contributed by atoms with Crippen molar-refractivity contribution in [2.45, 2.75) is 57.5 Å². The number of nitrogens with zero attached hydrogens (tertiary/aromatic N) is 1. The molecule has 0 fully saturated rings. The molecule has 1 aromatic rings. The van der Waals surface area contributed by atoms with E-state index in [-0.39, 0.29) is 18.8 Å². The Morgan fingerprint density at radius 3 is 2.47 bits per heavy atom. The SMILES string of the molecule is CC(=O)O[C@@H]1[C@@H](N(C)S(C)(=O)=O)c2cc(OCCCC(F)(F)F)ccc2OC1(C)C. The molecule has 0 radical (unpaired) electrons. The van der Waals surface area contributed by atoms with E-state index in [4.69, 9.17) is 14.2 Å². The van der Waals surface area contributed by atoms with Crippen LogP contribution in [-0.2, 0) is 19.6 Å². The van der Waals surface area contributed by atoms with Crippen LogP contribution in [-0.4, -0.2) is 56.5 Å². The van der Waals surface area contributed by atoms with E-state index in [1.54, 1.807) is 19.9 Å². The van der Waals surface area contributed by atoms with Crippen LogP contribution >= 0.6 is 0 Å². The van der Waals surface area contributed by atoms with Gasteiger partial charge in [-0.3, -0.25) is 4.79 Å². The van der Waals surface area contributed by atoms with Crippen LogP contribution in [0.15, 0.2) is 18.2 Å². The first-order valence-electron chi connectivity index (χ1n) is 9.24. The highest BCUT2D eigenvalue weighted by atomic mass is 32.2. The minimum atomic E-state index is -4.26. The van der Waals surface area contributed by atoms with Gasteiger partial charge in [0, 0.05) is 26.0 Å². The molecule has 0 bridgehead atoms. The van der Waals surface area contributed by atoms with E-state index in [2.05, 4.69) is 0 Å². The smallest absolute Gasteiger partial charge is 0.389 e. The Kier molecular flexibility index (Phi) is 6.97. The van der Waals surface area contributed by atoms with Crippen molar-refractivity contribution in [2.24, 2.45) is 0 Å². The van der Waals surface area contributed by atoms with Crippen LogP contribution in [0.4, 0.5) is 13.2 Å². The van der Waals surface area contributed by atoms with Crippen LogP contribution in [0.2, 0.25) is 0 Å². The van der Waals surface area contributed by atoms with Crippen molar-refractivity contribution in [3.8, 4) is 11.5 Å². The van der Waals surface area contributed by atoms with E-state index >= 15 is 0 Å². The van der Waals surface area contributed by atoms with E-state index in [1.165, 1.54) is 26.1 Å². The lowest BCUT2D eigenvalue weighted by Crippen LogP contribution is -2.55. The third-order valence-electron chi connectivity index (χ3n) is 4.73. The predicted molar refractivity (Wildman–Crippen MR) is 103 cm³/mol. The van der Waals surface area contributed by atoms with Crippen molar-refractivity contribution in [1.82, 2.24) is 4.31 Å². The Morgan fingerprint density at radius 1 is 1.30 bits per heavy atom. The van der Waals surface area contributed by atoms with Gasteiger partial charge in [0.05, 0.1) is 18.9 Å². The molecule has 2 atom stereocenters. The summed E-state index contributed by atoms with van der Waals surface area (Å²) in [4.78, 5) is 11.7. The second-order valence-corrected chi connectivity index (χ2v) is 9.77. The van der Waals surface area contributed by atoms with Crippen LogP contribution in [0.3, 0.4) is 0 Å². The van der Waals surface area contributed by atoms with E-state index in [1.807, 2.05) is 0 Å². The van der Waals surface area contributed by atoms with E-state index < -0.39 is 46.3 Å². The van der Waals surface area contributed by atoms with Gasteiger partial charge < -0.3 is 14.2 Å². The molecule has 170 valence electrons. The quantitative estimate of drug-likeness (QED) is 0.465. The summed E-state index contributed by atoms with van der Waals surface area (Å²) in [5, 5.41) is 0. The number of carbonyl (C=O) groups excluding carboxylic acids is 1. The third kappa shape index (κ3) is 6.00. The monoisotopic (exact) mass is 453 g/mol. The van der Waals surface area contributed by atoms with Crippen molar-refractivity contribution in [2.75, 3.05) is 19.9 Å². The summed E-state index contributed by atoms with van der Waals surface area (Å²) in [7, 11) is -2.33. The van der Waals surface area contributed by atoms with Crippen molar-refractivity contribution in [1.29, 1.82) is 0 Å². The molecule has 1 heterocycles. The minimum absolute atomic E-state index is 0.162. The van der Waals surface area contributed by atoms with Crippen LogP contribution in [0.25, 0.3) is 0 Å². The van der Waals surface area contributed by atoms with Gasteiger partial charge in [-0.2, -0.15) is 17.5 Å². The highest BCUT2D eigenvalue weighted by molar-refractivity contribution is 7.88. The minimum Gasteiger partial charge on any atom is -0.494 e. The number of alkyl halides is 3. The highest BCUT2D eigenvalue weighted by Crippen LogP contribution is 2.46. The van der Waals surface area contributed by atoms with E-state index in [9.17, 15) is 26.4 Å². The molecule has 0 unspecified atom stereocenters. The first-order chi connectivity index (χ1) is 13.6. The fourth-order valence-electron chi connectivity index (χ4n) is 3.27. The lowest BCUT2D eigenvalue weighted by atomic mass is 9.86. The summed E-state index contributed by atoms with van der Waals surface area (Å²) in [5.74, 6) is 0.0193. The van der Waals surface area contributed by atoms with Crippen molar-refractivity contribution < 1.29 is 40.6 Å². The fraction of sp³-hybridized carbons (Fsp3) is 0.632. The van der Waals surface area contributed by atoms with Gasteiger partial charge in [-0.25, -0.2) is 8.42 Å². The molecule has 0 N–H and O–H groups in total. The summed E-state index contributed by atoms with van der Waals surface area (Å²) in [6.07, 6.45) is -5.39. The zero-order chi connectivity index (χ0) is 22.9. The number of fused-ring (bicyclic) bond motifs is 1. The molecule has 0 spiro atoms. The lowest BCUT2D eigenvalue weighted by molar-refractivity contribution is -0.165. The number of ether oxygens (including phenoxy) is 3. The van der Waals surface area contributed by atoms with Crippen LogP contribution < -0.4 is 9.47 Å². The zero-order valence-electron chi connectivity index (χ0n) is 17.4. The average Bonchev–Trinajstić information content (AvgIpc) is 2.57. The number of benzene rings is 1. The van der Waals surface area contributed by atoms with E-state index in [0.717, 1.165) is 10.6 Å². The number of hydrogen-bond acceptors (Lipinski definition) is 6. The molecule has 1 aliphatic heterocycles. The molecule has 1 aromatic carbocycles. The van der Waals surface area contributed by atoms with E-state index in [0.29, 0.717) is 11.3 Å². The Bertz CT molecular complexity index is 885. The molecule has 0 aromatic heterocycles. The molecule has 0 aliphatic carbocycles. The number of esters is 1. The number of likely N-dealkylation sites (N-methyl/N-ethyl adjacent to an activating group) is 1. The maximum absolute atomic E-state index is 12.3. The molecule has 1 aliphatic rings. The zero-order valence-corrected chi connectivity index (χ0v) is 18.3. The molecule has 30 heavy (non-hydrogen) atoms. The Labute approximate surface area is 174 Å². The van der Waals surface area contributed by atoms with Gasteiger partial charge in [0.2, 0.25) is 10.0 Å². The molecule has 2 rings (SSSR count). The predicted octanol–water partition coefficient (Wildman–Crippen LogP) is 3.44. The number of halogens is 3. The highest BCUT2D eigenvalue weighted by Gasteiger charge is 2.49. The van der Waals surface area contributed by atoms with Crippen molar-refractivity contribution in [3.63, 3.8) is 0 Å². The molecule has 0 saturated carbocycles. The molecule has 0 amide bonds. The Hall–Kier alpha value is -2.01. The first-order valence-corrected chi connectivity index (χ1v) is 11.1. The second-order valence-electron chi connectivity index (χ2n) is 7.73. The molecular weight excluding hydrogens is 427 g/mol. The molecule has 11 heteroatoms. The normalized spacial score (nSPS) is 21.0. The standard InChI is InChI=1S/C19H26F3NO6S/c1-12(24)28-17-16(23(4)30(5,25)26)14-11-13(27-10-6-9-19(20,21)22)7-8-15(14)29-18(17,2)3/h7-8,11,16-17H,6,9-10H2,1-5H3/t16-,17+/m0/s1. The third-order valence-corrected chi connectivity index (χ3v) is 6.00. The molecular formula is C19H26F3NO6S. The summed E-state index contributed by atoms with van der Waals surface area (Å²) in [5.41, 5.74) is -0.654. The maximum atomic E-state index is 12.3. The number of sulfonamides is 1. The summed E-state index contributed by atoms with van der Waals surface area (Å²) in [6.45, 7) is 4.40. The molecule has 7 nitrogen and oxygen atoms in total. The fourth-order valence-corrected chi connectivity index (χ4v) is 3.90. The van der Waals surface area contributed by atoms with Crippen LogP contribution in [0.5, 0.6) is 11.5 Å². The topological polar surface area (TPSA) is 82.1 Å². The average molecular weight is 453 g/mol. The molecule has 0 saturated heterocycles. The maximum Gasteiger partial charge on any atom is 0.389 e. The van der Waals surface area contributed by atoms with Gasteiger partial charge >= 0.3 is 12.1 Å². The Morgan fingerprint density at radius 2 is 1.93 bits per heavy atom. The van der Waals surface area contributed by atoms with Crippen molar-refractivity contribution >= 4 is 16.0 Å². The first kappa shape index (κ1) is 24.3. The van der Waals surface area contributed by atoms with Gasteiger partial charge in [0.25, 0.3) is 0 Å². The van der Waals surface area contributed by atoms with Gasteiger partial charge in [0.15, 0.2) is 6.10 Å². The van der Waals surface area contributed by atoms with Gasteiger partial charge in [0.1, 0.15) is 17.1 Å². The second kappa shape index (κ2) is 8.62. The number of carbonyl (C=O) groups is 1. The summed E-state index contributed by atoms with van der Waals surface area (Å²) in [6, 6.07) is 3.68. The summed E-state index contributed by atoms with van der Waals surface area (Å²) >= 11 is 0.